The van der Waals surface area contributed by atoms with Crippen LogP contribution in [0.15, 0.2) is 118 Å². The summed E-state index contributed by atoms with van der Waals surface area (Å²) in [6.45, 7) is -1.73. The Kier molecular flexibility index (Phi) is 15.5. The number of carboxylic acids is 1. The first-order valence-electron chi connectivity index (χ1n) is 15.8. The molecule has 0 amide bonds. The van der Waals surface area contributed by atoms with Crippen LogP contribution in [0.25, 0.3) is 0 Å². The van der Waals surface area contributed by atoms with Crippen molar-refractivity contribution >= 4 is 104 Å². The average Bonchev–Trinajstić information content (AvgIpc) is 3.16. The quantitative estimate of drug-likeness (QED) is 0.0106. The van der Waals surface area contributed by atoms with E-state index in [1.165, 1.54) is 48.5 Å². The minimum atomic E-state index is -4.88. The zero-order valence-corrected chi connectivity index (χ0v) is 33.9. The van der Waals surface area contributed by atoms with Crippen molar-refractivity contribution in [2.24, 2.45) is 30.7 Å². The highest BCUT2D eigenvalue weighted by atomic mass is 32.3. The second-order valence-corrected chi connectivity index (χ2v) is 18.3. The van der Waals surface area contributed by atoms with Crippen molar-refractivity contribution < 1.29 is 70.3 Å². The number of anilines is 2. The summed E-state index contributed by atoms with van der Waals surface area (Å²) in [5.74, 6) is -3.27. The normalized spacial score (nSPS) is 12.6. The van der Waals surface area contributed by atoms with E-state index in [4.69, 9.17) is 31.3 Å². The van der Waals surface area contributed by atoms with E-state index in [1.54, 1.807) is 0 Å². The van der Waals surface area contributed by atoms with Gasteiger partial charge in [0.2, 0.25) is 0 Å². The lowest BCUT2D eigenvalue weighted by Gasteiger charge is -2.13. The minimum absolute atomic E-state index is 0.0183. The van der Waals surface area contributed by atoms with E-state index in [0.29, 0.717) is 4.90 Å². The predicted octanol–water partition coefficient (Wildman–Crippen LogP) is 5.53. The Balaban J connectivity index is 1.75. The van der Waals surface area contributed by atoms with Gasteiger partial charge in [-0.25, -0.2) is 30.0 Å². The van der Waals surface area contributed by atoms with Gasteiger partial charge in [-0.05, 0) is 72.8 Å². The fourth-order valence-electron chi connectivity index (χ4n) is 4.41. The third-order valence-electron chi connectivity index (χ3n) is 7.11. The number of carboxylic acid groups (broad SMARTS) is 1. The summed E-state index contributed by atoms with van der Waals surface area (Å²) in [6.07, 6.45) is 6.78. The number of carbonyl (C=O) groups is 1. The smallest absolute Gasteiger partial charge is 0.397 e. The number of aromatic carboxylic acids is 1. The molecule has 0 bridgehead atoms. The lowest BCUT2D eigenvalue weighted by atomic mass is 10.1. The number of benzene rings is 4. The molecule has 60 heavy (non-hydrogen) atoms. The van der Waals surface area contributed by atoms with Gasteiger partial charge in [-0.2, -0.15) is 32.2 Å². The summed E-state index contributed by atoms with van der Waals surface area (Å²) < 4.78 is 124. The number of azo groups is 3. The number of rotatable bonds is 20. The maximum absolute atomic E-state index is 12.7. The maximum Gasteiger partial charge on any atom is 0.397 e. The lowest BCUT2D eigenvalue weighted by Crippen LogP contribution is -2.15. The highest BCUT2D eigenvalue weighted by Gasteiger charge is 2.27. The molecule has 4 aromatic carbocycles. The monoisotopic (exact) mass is 928 g/mol. The molecule has 29 heteroatoms. The average molecular weight is 929 g/mol. The van der Waals surface area contributed by atoms with E-state index < -0.39 is 99.5 Å². The number of nitrogen functional groups attached to an aromatic ring is 2. The molecule has 0 heterocycles. The molecule has 7 N–H and O–H groups in total. The third-order valence-corrected chi connectivity index (χ3v) is 12.0. The van der Waals surface area contributed by atoms with Crippen LogP contribution in [-0.4, -0.2) is 78.6 Å². The van der Waals surface area contributed by atoms with Crippen molar-refractivity contribution in [2.75, 3.05) is 36.2 Å². The zero-order valence-electron chi connectivity index (χ0n) is 29.9. The summed E-state index contributed by atoms with van der Waals surface area (Å²) in [5, 5.41) is 34.4. The number of nitrogens with two attached hydrogens (primary N) is 2. The van der Waals surface area contributed by atoms with Gasteiger partial charge >= 0.3 is 26.8 Å². The topological polar surface area (TPSA) is 377 Å². The number of sulfone groups is 2. The molecule has 0 atom stereocenters. The van der Waals surface area contributed by atoms with E-state index in [1.807, 2.05) is 6.11 Å². The maximum atomic E-state index is 12.7. The molecule has 0 spiro atoms. The van der Waals surface area contributed by atoms with E-state index in [-0.39, 0.29) is 32.5 Å². The highest BCUT2D eigenvalue weighted by molar-refractivity contribution is 7.94. The van der Waals surface area contributed by atoms with Gasteiger partial charge in [0.25, 0.3) is 0 Å². The zero-order chi connectivity index (χ0) is 44.3. The van der Waals surface area contributed by atoms with Crippen LogP contribution in [0.2, 0.25) is 0 Å². The highest BCUT2D eigenvalue weighted by Crippen LogP contribution is 2.49. The Morgan fingerprint density at radius 3 is 1.33 bits per heavy atom. The molecule has 4 aromatic rings. The van der Waals surface area contributed by atoms with Crippen molar-refractivity contribution in [1.29, 1.82) is 0 Å². The summed E-state index contributed by atoms with van der Waals surface area (Å²) in [4.78, 5) is 17.1. The van der Waals surface area contributed by atoms with Gasteiger partial charge in [-0.15, -0.1) is 15.3 Å². The summed E-state index contributed by atoms with van der Waals surface area (Å²) in [6, 6.07) is 15.2. The second kappa shape index (κ2) is 19.9. The number of hydrogen-bond acceptors (Lipinski definition) is 22. The molecule has 0 aliphatic heterocycles. The Hall–Kier alpha value is -5.94. The van der Waals surface area contributed by atoms with Crippen LogP contribution in [0.1, 0.15) is 10.4 Å². The minimum Gasteiger partial charge on any atom is -0.478 e. The Labute approximate surface area is 345 Å². The van der Waals surface area contributed by atoms with Gasteiger partial charge < -0.3 is 16.6 Å². The van der Waals surface area contributed by atoms with Crippen LogP contribution in [-0.2, 0) is 58.1 Å². The molecule has 0 aliphatic rings. The van der Waals surface area contributed by atoms with Crippen LogP contribution in [0, 0.1) is 12.5 Å². The molecular weight excluding hydrogens is 901 g/mol. The second-order valence-electron chi connectivity index (χ2n) is 11.1. The molecule has 0 aliphatic carbocycles. The Morgan fingerprint density at radius 1 is 0.617 bits per heavy atom. The van der Waals surface area contributed by atoms with Crippen molar-refractivity contribution in [3.63, 3.8) is 0 Å². The van der Waals surface area contributed by atoms with E-state index in [9.17, 15) is 43.6 Å². The Bertz CT molecular complexity index is 2820. The molecule has 0 aromatic heterocycles. The van der Waals surface area contributed by atoms with Gasteiger partial charge in [0, 0.05) is 4.90 Å². The molecule has 318 valence electrons. The van der Waals surface area contributed by atoms with E-state index in [2.05, 4.69) is 43.9 Å². The number of terminal acetylenes is 1. The van der Waals surface area contributed by atoms with Crippen molar-refractivity contribution in [3.8, 4) is 12.5 Å². The van der Waals surface area contributed by atoms with Gasteiger partial charge in [0.15, 0.2) is 25.8 Å². The first kappa shape index (κ1) is 46.7. The van der Waals surface area contributed by atoms with E-state index >= 15 is 0 Å². The van der Waals surface area contributed by atoms with Crippen molar-refractivity contribution in [1.82, 2.24) is 0 Å². The van der Waals surface area contributed by atoms with Crippen LogP contribution in [0.3, 0.4) is 0 Å². The molecule has 0 unspecified atom stereocenters. The van der Waals surface area contributed by atoms with Crippen LogP contribution in [0.5, 0.6) is 0 Å². The Morgan fingerprint density at radius 2 is 0.983 bits per heavy atom. The van der Waals surface area contributed by atoms with Gasteiger partial charge in [-0.1, -0.05) is 10.8 Å². The van der Waals surface area contributed by atoms with Gasteiger partial charge in [0.05, 0.1) is 75.0 Å². The molecule has 24 nitrogen and oxygen atoms in total. The fourth-order valence-corrected chi connectivity index (χ4v) is 7.79. The molecule has 0 fully saturated rings. The van der Waals surface area contributed by atoms with Gasteiger partial charge in [0.1, 0.15) is 22.6 Å². The molecule has 0 saturated carbocycles. The SMILES string of the molecule is C#COOSc1ccc(N=Nc2c(N)c(N=Nc3ccc(S(=O)(=O)CCOS(=O)(=O)O)cc3)c(N)c(N=Nc3ccc(S(=O)(=O)CCOS(=O)(=O)O)cc3)c2C(=O)O)cc1. The van der Waals surface area contributed by atoms with Crippen molar-refractivity contribution in [2.45, 2.75) is 14.7 Å². The largest absolute Gasteiger partial charge is 0.478 e. The fraction of sp³-hybridized carbons (Fsp3) is 0.129. The molecule has 4 rings (SSSR count). The predicted molar refractivity (Wildman–Crippen MR) is 210 cm³/mol. The van der Waals surface area contributed by atoms with Crippen LogP contribution in [0.4, 0.5) is 45.5 Å². The van der Waals surface area contributed by atoms with E-state index in [0.717, 1.165) is 36.3 Å². The molecular formula is C31H28N8O16S5. The van der Waals surface area contributed by atoms with Crippen molar-refractivity contribution in [3.05, 3.63) is 78.4 Å². The third kappa shape index (κ3) is 13.6. The number of nitrogens with zero attached hydrogens (tertiary/aromatic N) is 6. The summed E-state index contributed by atoms with van der Waals surface area (Å²) >= 11 is 0.780. The van der Waals surface area contributed by atoms with Crippen LogP contribution < -0.4 is 11.5 Å². The van der Waals surface area contributed by atoms with Gasteiger partial charge in [-0.3, -0.25) is 14.0 Å². The summed E-state index contributed by atoms with van der Waals surface area (Å²) in [7, 11) is -17.9. The standard InChI is InChI=1S/C31H28N8O16S5/c1-2-52-55-56-22-9-3-19(4-10-22)34-37-28-25(31(40)41)29(38-35-20-5-11-23(12-6-20)57(42,43)17-15-53-59(46,47)48)27(33)30(26(28)32)39-36-21-7-13-24(14-8-21)58(44,45)18-16-54-60(49,50)51/h1,3-14H,15-18,32-33H2,(H,40,41)(H,46,47,48)(H,49,50,51). The first-order chi connectivity index (χ1) is 28.1. The lowest BCUT2D eigenvalue weighted by molar-refractivity contribution is -0.113. The van der Waals surface area contributed by atoms with Crippen LogP contribution >= 0.6 is 12.0 Å². The number of hydrogen-bond donors (Lipinski definition) is 5. The summed E-state index contributed by atoms with van der Waals surface area (Å²) in [5.41, 5.74) is 9.81. The molecule has 0 radical (unpaired) electrons. The first-order valence-corrected chi connectivity index (χ1v) is 22.6. The molecule has 0 saturated heterocycles.